The third-order valence-corrected chi connectivity index (χ3v) is 3.85. The number of benzene rings is 1. The van der Waals surface area contributed by atoms with Crippen LogP contribution in [0.2, 0.25) is 10.0 Å². The molecule has 0 bridgehead atoms. The average Bonchev–Trinajstić information content (AvgIpc) is 2.75. The first kappa shape index (κ1) is 14.9. The molecule has 0 unspecified atom stereocenters. The molecule has 0 atom stereocenters. The van der Waals surface area contributed by atoms with E-state index < -0.39 is 5.97 Å². The molecule has 0 aliphatic carbocycles. The molecule has 0 radical (unpaired) electrons. The quantitative estimate of drug-likeness (QED) is 0.801. The van der Waals surface area contributed by atoms with E-state index in [-0.39, 0.29) is 12.6 Å². The third kappa shape index (κ3) is 3.16. The molecule has 2 amide bonds. The van der Waals surface area contributed by atoms with E-state index in [1.165, 1.54) is 12.0 Å². The van der Waals surface area contributed by atoms with Crippen LogP contribution in [0.5, 0.6) is 0 Å². The fourth-order valence-electron chi connectivity index (χ4n) is 2.02. The second-order valence-electron chi connectivity index (χ2n) is 4.40. The molecule has 1 aromatic rings. The van der Waals surface area contributed by atoms with E-state index in [0.29, 0.717) is 35.2 Å². The lowest BCUT2D eigenvalue weighted by Gasteiger charge is -2.19. The second kappa shape index (κ2) is 6.33. The SMILES string of the molecule is COC(=O)CN1CCN(Cc2c(Cl)cccc2Cl)C1=O. The number of rotatable bonds is 4. The molecule has 1 heterocycles. The summed E-state index contributed by atoms with van der Waals surface area (Å²) in [6.07, 6.45) is 0. The van der Waals surface area contributed by atoms with Crippen molar-refractivity contribution in [3.8, 4) is 0 Å². The van der Waals surface area contributed by atoms with E-state index in [9.17, 15) is 9.59 Å². The van der Waals surface area contributed by atoms with Crippen molar-refractivity contribution in [1.29, 1.82) is 0 Å². The fraction of sp³-hybridized carbons (Fsp3) is 0.385. The Balaban J connectivity index is 2.05. The summed E-state index contributed by atoms with van der Waals surface area (Å²) >= 11 is 12.2. The number of halogens is 2. The van der Waals surface area contributed by atoms with Crippen LogP contribution in [0.1, 0.15) is 5.56 Å². The Kier molecular flexibility index (Phi) is 4.73. The number of amides is 2. The smallest absolute Gasteiger partial charge is 0.325 e. The van der Waals surface area contributed by atoms with Crippen molar-refractivity contribution in [3.05, 3.63) is 33.8 Å². The molecule has 108 valence electrons. The number of hydrogen-bond donors (Lipinski definition) is 0. The van der Waals surface area contributed by atoms with Crippen LogP contribution in [-0.4, -0.2) is 48.5 Å². The Morgan fingerprint density at radius 3 is 2.45 bits per heavy atom. The van der Waals surface area contributed by atoms with E-state index in [4.69, 9.17) is 23.2 Å². The standard InChI is InChI=1S/C13H14Cl2N2O3/c1-20-12(18)8-17-6-5-16(13(17)19)7-9-10(14)3-2-4-11(9)15/h2-4H,5-8H2,1H3. The highest BCUT2D eigenvalue weighted by atomic mass is 35.5. The minimum atomic E-state index is -0.434. The monoisotopic (exact) mass is 316 g/mol. The molecule has 0 spiro atoms. The Labute approximate surface area is 127 Å². The molecule has 1 aliphatic heterocycles. The number of ether oxygens (including phenoxy) is 1. The molecular weight excluding hydrogens is 303 g/mol. The van der Waals surface area contributed by atoms with Crippen LogP contribution in [0.25, 0.3) is 0 Å². The van der Waals surface area contributed by atoms with E-state index in [0.717, 1.165) is 0 Å². The van der Waals surface area contributed by atoms with Crippen molar-refractivity contribution in [2.45, 2.75) is 6.54 Å². The molecule has 0 saturated carbocycles. The van der Waals surface area contributed by atoms with Crippen molar-refractivity contribution in [2.75, 3.05) is 26.7 Å². The highest BCUT2D eigenvalue weighted by Crippen LogP contribution is 2.26. The van der Waals surface area contributed by atoms with Gasteiger partial charge in [0, 0.05) is 28.7 Å². The van der Waals surface area contributed by atoms with Gasteiger partial charge in [-0.25, -0.2) is 4.79 Å². The van der Waals surface area contributed by atoms with Crippen molar-refractivity contribution < 1.29 is 14.3 Å². The van der Waals surface area contributed by atoms with Crippen LogP contribution in [0, 0.1) is 0 Å². The molecule has 0 N–H and O–H groups in total. The van der Waals surface area contributed by atoms with Gasteiger partial charge in [-0.05, 0) is 12.1 Å². The van der Waals surface area contributed by atoms with Crippen molar-refractivity contribution in [1.82, 2.24) is 9.80 Å². The van der Waals surface area contributed by atoms with Crippen molar-refractivity contribution in [2.24, 2.45) is 0 Å². The van der Waals surface area contributed by atoms with Crippen LogP contribution in [0.3, 0.4) is 0 Å². The predicted molar refractivity (Wildman–Crippen MR) is 75.9 cm³/mol. The van der Waals surface area contributed by atoms with Crippen LogP contribution in [-0.2, 0) is 16.1 Å². The lowest BCUT2D eigenvalue weighted by Crippen LogP contribution is -2.35. The summed E-state index contributed by atoms with van der Waals surface area (Å²) in [7, 11) is 1.30. The van der Waals surface area contributed by atoms with Gasteiger partial charge in [0.1, 0.15) is 6.54 Å². The first-order valence-corrected chi connectivity index (χ1v) is 6.82. The Morgan fingerprint density at radius 2 is 1.85 bits per heavy atom. The first-order valence-electron chi connectivity index (χ1n) is 6.06. The minimum Gasteiger partial charge on any atom is -0.468 e. The maximum absolute atomic E-state index is 12.1. The van der Waals surface area contributed by atoms with Crippen LogP contribution in [0.4, 0.5) is 4.79 Å². The summed E-state index contributed by atoms with van der Waals surface area (Å²) in [5.41, 5.74) is 0.712. The highest BCUT2D eigenvalue weighted by Gasteiger charge is 2.30. The number of carbonyl (C=O) groups excluding carboxylic acids is 2. The summed E-state index contributed by atoms with van der Waals surface area (Å²) in [6, 6.07) is 5.00. The highest BCUT2D eigenvalue weighted by molar-refractivity contribution is 6.36. The normalized spacial score (nSPS) is 14.8. The zero-order valence-electron chi connectivity index (χ0n) is 10.9. The third-order valence-electron chi connectivity index (χ3n) is 3.14. The first-order chi connectivity index (χ1) is 9.52. The Hall–Kier alpha value is -1.46. The van der Waals surface area contributed by atoms with Gasteiger partial charge in [0.15, 0.2) is 0 Å². The van der Waals surface area contributed by atoms with Gasteiger partial charge < -0.3 is 14.5 Å². The summed E-state index contributed by atoms with van der Waals surface area (Å²) in [5.74, 6) is -0.434. The zero-order chi connectivity index (χ0) is 14.7. The van der Waals surface area contributed by atoms with Gasteiger partial charge in [0.05, 0.1) is 13.7 Å². The molecule has 20 heavy (non-hydrogen) atoms. The summed E-state index contributed by atoms with van der Waals surface area (Å²) in [6.45, 7) is 1.30. The topological polar surface area (TPSA) is 49.9 Å². The summed E-state index contributed by atoms with van der Waals surface area (Å²) in [5, 5.41) is 1.05. The number of hydrogen-bond acceptors (Lipinski definition) is 3. The molecule has 5 nitrogen and oxygen atoms in total. The van der Waals surface area contributed by atoms with Gasteiger partial charge in [-0.15, -0.1) is 0 Å². The van der Waals surface area contributed by atoms with Crippen LogP contribution in [0.15, 0.2) is 18.2 Å². The van der Waals surface area contributed by atoms with Gasteiger partial charge >= 0.3 is 12.0 Å². The van der Waals surface area contributed by atoms with Crippen LogP contribution < -0.4 is 0 Å². The van der Waals surface area contributed by atoms with Gasteiger partial charge in [-0.2, -0.15) is 0 Å². The average molecular weight is 317 g/mol. The van der Waals surface area contributed by atoms with E-state index >= 15 is 0 Å². The number of urea groups is 1. The molecule has 1 saturated heterocycles. The van der Waals surface area contributed by atoms with Gasteiger partial charge in [0.25, 0.3) is 0 Å². The fourth-order valence-corrected chi connectivity index (χ4v) is 2.54. The molecule has 0 aromatic heterocycles. The number of esters is 1. The van der Waals surface area contributed by atoms with E-state index in [1.54, 1.807) is 23.1 Å². The second-order valence-corrected chi connectivity index (χ2v) is 5.22. The van der Waals surface area contributed by atoms with Crippen molar-refractivity contribution >= 4 is 35.2 Å². The zero-order valence-corrected chi connectivity index (χ0v) is 12.4. The molecular formula is C13H14Cl2N2O3. The summed E-state index contributed by atoms with van der Waals surface area (Å²) in [4.78, 5) is 26.4. The maximum atomic E-state index is 12.1. The summed E-state index contributed by atoms with van der Waals surface area (Å²) < 4.78 is 4.56. The number of nitrogens with zero attached hydrogens (tertiary/aromatic N) is 2. The molecule has 7 heteroatoms. The molecule has 1 aliphatic rings. The Bertz CT molecular complexity index is 516. The predicted octanol–water partition coefficient (Wildman–Crippen LogP) is 2.40. The van der Waals surface area contributed by atoms with Gasteiger partial charge in [-0.3, -0.25) is 4.79 Å². The molecule has 1 aromatic carbocycles. The molecule has 1 fully saturated rings. The number of methoxy groups -OCH3 is 1. The van der Waals surface area contributed by atoms with E-state index in [1.807, 2.05) is 0 Å². The largest absolute Gasteiger partial charge is 0.468 e. The van der Waals surface area contributed by atoms with E-state index in [2.05, 4.69) is 4.74 Å². The minimum absolute atomic E-state index is 0.0396. The van der Waals surface area contributed by atoms with Crippen LogP contribution >= 0.6 is 23.2 Å². The van der Waals surface area contributed by atoms with Crippen molar-refractivity contribution in [3.63, 3.8) is 0 Å². The lowest BCUT2D eigenvalue weighted by atomic mass is 10.2. The maximum Gasteiger partial charge on any atom is 0.325 e. The Morgan fingerprint density at radius 1 is 1.25 bits per heavy atom. The van der Waals surface area contributed by atoms with Gasteiger partial charge in [0.2, 0.25) is 0 Å². The molecule has 2 rings (SSSR count). The number of carbonyl (C=O) groups is 2. The van der Waals surface area contributed by atoms with Gasteiger partial charge in [-0.1, -0.05) is 29.3 Å². The lowest BCUT2D eigenvalue weighted by molar-refractivity contribution is -0.141.